The number of pyridine rings is 1. The molecule has 2 heterocycles. The van der Waals surface area contributed by atoms with E-state index >= 15 is 0 Å². The minimum absolute atomic E-state index is 0.452. The van der Waals surface area contributed by atoms with Gasteiger partial charge in [0.05, 0.1) is 0 Å². The van der Waals surface area contributed by atoms with E-state index in [-0.39, 0.29) is 0 Å². The smallest absolute Gasteiger partial charge is 0.160 e. The van der Waals surface area contributed by atoms with Crippen molar-refractivity contribution < 1.29 is 0 Å². The van der Waals surface area contributed by atoms with Crippen LogP contribution in [-0.4, -0.2) is 19.7 Å². The van der Waals surface area contributed by atoms with Crippen LogP contribution in [0.15, 0.2) is 12.3 Å². The van der Waals surface area contributed by atoms with Crippen LogP contribution in [0, 0.1) is 20.8 Å². The van der Waals surface area contributed by atoms with Crippen molar-refractivity contribution in [3.63, 3.8) is 0 Å². The molecule has 0 aliphatic heterocycles. The quantitative estimate of drug-likeness (QED) is 0.816. The van der Waals surface area contributed by atoms with E-state index in [1.165, 1.54) is 0 Å². The molecule has 0 bridgehead atoms. The van der Waals surface area contributed by atoms with Crippen molar-refractivity contribution in [2.45, 2.75) is 27.3 Å². The molecule has 0 aromatic carbocycles. The van der Waals surface area contributed by atoms with Gasteiger partial charge in [-0.3, -0.25) is 0 Å². The lowest BCUT2D eigenvalue weighted by molar-refractivity contribution is 0.783. The molecule has 0 saturated carbocycles. The molecule has 0 saturated heterocycles. The first kappa shape index (κ1) is 10.8. The summed E-state index contributed by atoms with van der Waals surface area (Å²) in [5, 5.41) is 4.32. The topological polar surface area (TPSA) is 69.6 Å². The molecule has 0 fully saturated rings. The first-order valence-corrected chi connectivity index (χ1v) is 5.18. The summed E-state index contributed by atoms with van der Waals surface area (Å²) < 4.78 is 1.74. The molecule has 0 aliphatic carbocycles. The highest BCUT2D eigenvalue weighted by atomic mass is 15.4. The molecule has 0 radical (unpaired) electrons. The highest BCUT2D eigenvalue weighted by Crippen LogP contribution is 2.15. The predicted molar refractivity (Wildman–Crippen MR) is 61.3 cm³/mol. The fourth-order valence-corrected chi connectivity index (χ4v) is 1.73. The SMILES string of the molecule is Cc1nc(C)n(-c2nccc(C)c2CN)n1. The third-order valence-electron chi connectivity index (χ3n) is 2.55. The maximum atomic E-state index is 5.74. The van der Waals surface area contributed by atoms with Gasteiger partial charge in [0.1, 0.15) is 11.6 Å². The van der Waals surface area contributed by atoms with Gasteiger partial charge in [-0.05, 0) is 32.4 Å². The highest BCUT2D eigenvalue weighted by Gasteiger charge is 2.11. The third-order valence-corrected chi connectivity index (χ3v) is 2.55. The number of hydrogen-bond donors (Lipinski definition) is 1. The van der Waals surface area contributed by atoms with Crippen LogP contribution in [0.25, 0.3) is 5.82 Å². The first-order valence-electron chi connectivity index (χ1n) is 5.18. The molecule has 5 heteroatoms. The summed E-state index contributed by atoms with van der Waals surface area (Å²) in [5.74, 6) is 2.34. The molecule has 2 N–H and O–H groups in total. The maximum Gasteiger partial charge on any atom is 0.160 e. The fourth-order valence-electron chi connectivity index (χ4n) is 1.73. The average Bonchev–Trinajstić information content (AvgIpc) is 2.57. The minimum Gasteiger partial charge on any atom is -0.326 e. The fraction of sp³-hybridized carbons (Fsp3) is 0.364. The summed E-state index contributed by atoms with van der Waals surface area (Å²) in [6.45, 7) is 6.24. The Morgan fingerprint density at radius 3 is 2.62 bits per heavy atom. The molecular weight excluding hydrogens is 202 g/mol. The molecule has 0 unspecified atom stereocenters. The van der Waals surface area contributed by atoms with E-state index < -0.39 is 0 Å². The average molecular weight is 217 g/mol. The first-order chi connectivity index (χ1) is 7.63. The van der Waals surface area contributed by atoms with Crippen LogP contribution in [0.4, 0.5) is 0 Å². The molecule has 16 heavy (non-hydrogen) atoms. The Balaban J connectivity index is 2.64. The summed E-state index contributed by atoms with van der Waals surface area (Å²) in [4.78, 5) is 8.60. The zero-order chi connectivity index (χ0) is 11.7. The zero-order valence-electron chi connectivity index (χ0n) is 9.73. The number of aryl methyl sites for hydroxylation is 3. The third kappa shape index (κ3) is 1.69. The second-order valence-corrected chi connectivity index (χ2v) is 3.75. The second-order valence-electron chi connectivity index (χ2n) is 3.75. The molecule has 0 amide bonds. The van der Waals surface area contributed by atoms with E-state index in [1.807, 2.05) is 26.8 Å². The van der Waals surface area contributed by atoms with Crippen LogP contribution in [0.3, 0.4) is 0 Å². The summed E-state index contributed by atoms with van der Waals surface area (Å²) in [6.07, 6.45) is 1.76. The van der Waals surface area contributed by atoms with Crippen molar-refractivity contribution in [3.05, 3.63) is 35.0 Å². The van der Waals surface area contributed by atoms with Gasteiger partial charge >= 0.3 is 0 Å². The Bertz CT molecular complexity index is 515. The number of aromatic nitrogens is 4. The van der Waals surface area contributed by atoms with Crippen LogP contribution < -0.4 is 5.73 Å². The highest BCUT2D eigenvalue weighted by molar-refractivity contribution is 5.39. The molecule has 0 spiro atoms. The molecule has 5 nitrogen and oxygen atoms in total. The summed E-state index contributed by atoms with van der Waals surface area (Å²) >= 11 is 0. The molecular formula is C11H15N5. The molecule has 84 valence electrons. The lowest BCUT2D eigenvalue weighted by Gasteiger charge is -2.09. The normalized spacial score (nSPS) is 10.8. The maximum absolute atomic E-state index is 5.74. The van der Waals surface area contributed by atoms with Crippen molar-refractivity contribution in [1.29, 1.82) is 0 Å². The van der Waals surface area contributed by atoms with Gasteiger partial charge in [-0.15, -0.1) is 5.10 Å². The molecule has 2 aromatic rings. The van der Waals surface area contributed by atoms with Gasteiger partial charge in [0.25, 0.3) is 0 Å². The lowest BCUT2D eigenvalue weighted by Crippen LogP contribution is -2.11. The van der Waals surface area contributed by atoms with Gasteiger partial charge in [0.15, 0.2) is 5.82 Å². The van der Waals surface area contributed by atoms with Crippen molar-refractivity contribution in [2.75, 3.05) is 0 Å². The lowest BCUT2D eigenvalue weighted by atomic mass is 10.1. The monoisotopic (exact) mass is 217 g/mol. The second kappa shape index (κ2) is 4.02. The number of hydrogen-bond acceptors (Lipinski definition) is 4. The van der Waals surface area contributed by atoms with Crippen LogP contribution >= 0.6 is 0 Å². The Labute approximate surface area is 94.3 Å². The molecule has 2 rings (SSSR count). The Morgan fingerprint density at radius 2 is 2.06 bits per heavy atom. The van der Waals surface area contributed by atoms with E-state index in [2.05, 4.69) is 15.1 Å². The Hall–Kier alpha value is -1.75. The predicted octanol–water partition coefficient (Wildman–Crippen LogP) is 1.05. The van der Waals surface area contributed by atoms with Crippen molar-refractivity contribution in [2.24, 2.45) is 5.73 Å². The van der Waals surface area contributed by atoms with Gasteiger partial charge in [-0.1, -0.05) is 0 Å². The standard InChI is InChI=1S/C11H15N5/c1-7-4-5-13-11(10(7)6-12)16-9(3)14-8(2)15-16/h4-5H,6,12H2,1-3H3. The summed E-state index contributed by atoms with van der Waals surface area (Å²) in [6, 6.07) is 1.95. The number of nitrogens with two attached hydrogens (primary N) is 1. The van der Waals surface area contributed by atoms with Gasteiger partial charge < -0.3 is 5.73 Å². The van der Waals surface area contributed by atoms with E-state index in [0.717, 1.165) is 28.6 Å². The van der Waals surface area contributed by atoms with Gasteiger partial charge in [-0.25, -0.2) is 9.97 Å². The van der Waals surface area contributed by atoms with Gasteiger partial charge in [0, 0.05) is 18.3 Å². The van der Waals surface area contributed by atoms with E-state index in [1.54, 1.807) is 10.9 Å². The molecule has 0 aliphatic rings. The van der Waals surface area contributed by atoms with Crippen molar-refractivity contribution >= 4 is 0 Å². The van der Waals surface area contributed by atoms with Gasteiger partial charge in [-0.2, -0.15) is 4.68 Å². The van der Waals surface area contributed by atoms with Crippen molar-refractivity contribution in [3.8, 4) is 5.82 Å². The molecule has 0 atom stereocenters. The van der Waals surface area contributed by atoms with Crippen LogP contribution in [0.5, 0.6) is 0 Å². The largest absolute Gasteiger partial charge is 0.326 e. The van der Waals surface area contributed by atoms with E-state index in [0.29, 0.717) is 6.54 Å². The summed E-state index contributed by atoms with van der Waals surface area (Å²) in [5.41, 5.74) is 7.88. The molecule has 2 aromatic heterocycles. The van der Waals surface area contributed by atoms with Crippen LogP contribution in [-0.2, 0) is 6.54 Å². The van der Waals surface area contributed by atoms with E-state index in [4.69, 9.17) is 5.73 Å². The zero-order valence-corrected chi connectivity index (χ0v) is 9.73. The van der Waals surface area contributed by atoms with Crippen LogP contribution in [0.2, 0.25) is 0 Å². The van der Waals surface area contributed by atoms with Gasteiger partial charge in [0.2, 0.25) is 0 Å². The van der Waals surface area contributed by atoms with Crippen molar-refractivity contribution in [1.82, 2.24) is 19.7 Å². The minimum atomic E-state index is 0.452. The number of rotatable bonds is 2. The Kier molecular flexibility index (Phi) is 2.70. The Morgan fingerprint density at radius 1 is 1.31 bits per heavy atom. The van der Waals surface area contributed by atoms with Crippen LogP contribution in [0.1, 0.15) is 22.8 Å². The summed E-state index contributed by atoms with van der Waals surface area (Å²) in [7, 11) is 0. The van der Waals surface area contributed by atoms with E-state index in [9.17, 15) is 0 Å². The number of nitrogens with zero attached hydrogens (tertiary/aromatic N) is 4.